The van der Waals surface area contributed by atoms with Gasteiger partial charge in [0.2, 0.25) is 0 Å². The van der Waals surface area contributed by atoms with Crippen LogP contribution in [0.5, 0.6) is 5.75 Å². The van der Waals surface area contributed by atoms with E-state index in [1.54, 1.807) is 7.11 Å². The highest BCUT2D eigenvalue weighted by Gasteiger charge is 2.24. The van der Waals surface area contributed by atoms with E-state index in [1.165, 1.54) is 0 Å². The summed E-state index contributed by atoms with van der Waals surface area (Å²) in [6.45, 7) is 5.69. The maximum Gasteiger partial charge on any atom is 0.193 e. The fraction of sp³-hybridized carbons (Fsp3) is 0.632. The molecule has 1 heterocycles. The molecule has 1 aromatic rings. The maximum absolute atomic E-state index is 5.71. The molecule has 1 N–H and O–H groups in total. The van der Waals surface area contributed by atoms with Crippen LogP contribution in [0.4, 0.5) is 0 Å². The van der Waals surface area contributed by atoms with Gasteiger partial charge in [-0.3, -0.25) is 4.99 Å². The van der Waals surface area contributed by atoms with Crippen molar-refractivity contribution < 1.29 is 14.2 Å². The fourth-order valence-corrected chi connectivity index (χ4v) is 2.86. The molecule has 0 spiro atoms. The fourth-order valence-electron chi connectivity index (χ4n) is 2.86. The predicted octanol–water partition coefficient (Wildman–Crippen LogP) is 2.63. The summed E-state index contributed by atoms with van der Waals surface area (Å²) >= 11 is 0. The van der Waals surface area contributed by atoms with E-state index in [1.807, 2.05) is 37.4 Å². The number of guanidine groups is 1. The molecule has 26 heavy (non-hydrogen) atoms. The Balaban J connectivity index is 0.00000338. The van der Waals surface area contributed by atoms with Gasteiger partial charge in [0.15, 0.2) is 5.96 Å². The Labute approximate surface area is 174 Å². The third kappa shape index (κ3) is 8.55. The van der Waals surface area contributed by atoms with Gasteiger partial charge >= 0.3 is 0 Å². The van der Waals surface area contributed by atoms with Crippen molar-refractivity contribution in [1.29, 1.82) is 0 Å². The van der Waals surface area contributed by atoms with E-state index in [0.29, 0.717) is 25.7 Å². The van der Waals surface area contributed by atoms with Crippen LogP contribution in [0, 0.1) is 5.92 Å². The lowest BCUT2D eigenvalue weighted by Crippen LogP contribution is -2.40. The number of ether oxygens (including phenoxy) is 3. The summed E-state index contributed by atoms with van der Waals surface area (Å²) in [6.07, 6.45) is 2.08. The predicted molar refractivity (Wildman–Crippen MR) is 116 cm³/mol. The Hall–Kier alpha value is -1.06. The molecule has 1 atom stereocenters. The van der Waals surface area contributed by atoms with Gasteiger partial charge in [0.1, 0.15) is 5.75 Å². The minimum atomic E-state index is 0. The number of halogens is 1. The first kappa shape index (κ1) is 23.0. The third-order valence-corrected chi connectivity index (χ3v) is 4.20. The lowest BCUT2D eigenvalue weighted by molar-refractivity contribution is 0.0536. The molecule has 7 heteroatoms. The lowest BCUT2D eigenvalue weighted by atomic mass is 10.1. The van der Waals surface area contributed by atoms with Crippen molar-refractivity contribution in [3.8, 4) is 5.75 Å². The number of aliphatic imine (C=N–C) groups is 1. The average molecular weight is 477 g/mol. The zero-order valence-electron chi connectivity index (χ0n) is 15.9. The van der Waals surface area contributed by atoms with Crippen LogP contribution in [-0.2, 0) is 9.47 Å². The molecular weight excluding hydrogens is 445 g/mol. The van der Waals surface area contributed by atoms with Crippen LogP contribution in [0.25, 0.3) is 0 Å². The maximum atomic E-state index is 5.71. The molecule has 1 fully saturated rings. The second-order valence-electron chi connectivity index (χ2n) is 6.16. The molecule has 0 aromatic heterocycles. The van der Waals surface area contributed by atoms with Crippen LogP contribution in [0.3, 0.4) is 0 Å². The molecule has 0 radical (unpaired) electrons. The van der Waals surface area contributed by atoms with Gasteiger partial charge < -0.3 is 24.4 Å². The molecule has 1 aliphatic rings. The minimum absolute atomic E-state index is 0. The zero-order valence-corrected chi connectivity index (χ0v) is 18.2. The van der Waals surface area contributed by atoms with Gasteiger partial charge in [0.25, 0.3) is 0 Å². The van der Waals surface area contributed by atoms with E-state index in [9.17, 15) is 0 Å². The second-order valence-corrected chi connectivity index (χ2v) is 6.16. The van der Waals surface area contributed by atoms with Gasteiger partial charge in [0, 0.05) is 39.7 Å². The smallest absolute Gasteiger partial charge is 0.193 e. The molecule has 1 aromatic carbocycles. The van der Waals surface area contributed by atoms with Crippen molar-refractivity contribution in [2.24, 2.45) is 10.9 Å². The molecular formula is C19H32IN3O3. The summed E-state index contributed by atoms with van der Waals surface area (Å²) < 4.78 is 16.4. The van der Waals surface area contributed by atoms with E-state index >= 15 is 0 Å². The average Bonchev–Trinajstić information content (AvgIpc) is 3.11. The van der Waals surface area contributed by atoms with Crippen LogP contribution < -0.4 is 10.1 Å². The van der Waals surface area contributed by atoms with Gasteiger partial charge in [-0.05, 0) is 25.0 Å². The summed E-state index contributed by atoms with van der Waals surface area (Å²) in [5.41, 5.74) is 0. The van der Waals surface area contributed by atoms with Crippen molar-refractivity contribution in [3.63, 3.8) is 0 Å². The van der Waals surface area contributed by atoms with Crippen LogP contribution in [0.2, 0.25) is 0 Å². The Bertz CT molecular complexity index is 502. The van der Waals surface area contributed by atoms with Crippen LogP contribution >= 0.6 is 24.0 Å². The zero-order chi connectivity index (χ0) is 17.7. The molecule has 6 nitrogen and oxygen atoms in total. The van der Waals surface area contributed by atoms with Gasteiger partial charge in [-0.25, -0.2) is 0 Å². The number of nitrogens with zero attached hydrogens (tertiary/aromatic N) is 2. The van der Waals surface area contributed by atoms with E-state index < -0.39 is 0 Å². The van der Waals surface area contributed by atoms with Crippen LogP contribution in [-0.4, -0.2) is 71.1 Å². The highest BCUT2D eigenvalue weighted by molar-refractivity contribution is 14.0. The first-order chi connectivity index (χ1) is 12.3. The van der Waals surface area contributed by atoms with E-state index in [-0.39, 0.29) is 24.0 Å². The number of likely N-dealkylation sites (tertiary alicyclic amines) is 1. The van der Waals surface area contributed by atoms with Crippen molar-refractivity contribution in [2.75, 3.05) is 60.2 Å². The highest BCUT2D eigenvalue weighted by atomic mass is 127. The van der Waals surface area contributed by atoms with Crippen LogP contribution in [0.15, 0.2) is 35.3 Å². The van der Waals surface area contributed by atoms with E-state index in [2.05, 4.69) is 15.2 Å². The number of methoxy groups -OCH3 is 1. The van der Waals surface area contributed by atoms with Gasteiger partial charge in [-0.2, -0.15) is 0 Å². The molecule has 1 unspecified atom stereocenters. The topological polar surface area (TPSA) is 55.3 Å². The quantitative estimate of drug-likeness (QED) is 0.243. The monoisotopic (exact) mass is 477 g/mol. The summed E-state index contributed by atoms with van der Waals surface area (Å²) in [6, 6.07) is 9.91. The number of hydrogen-bond donors (Lipinski definition) is 1. The summed E-state index contributed by atoms with van der Waals surface area (Å²) in [4.78, 5) is 6.71. The Morgan fingerprint density at radius 3 is 2.77 bits per heavy atom. The Morgan fingerprint density at radius 1 is 1.23 bits per heavy atom. The number of benzene rings is 1. The summed E-state index contributed by atoms with van der Waals surface area (Å²) in [5, 5.41) is 3.43. The number of nitrogens with one attached hydrogen (secondary N) is 1. The Kier molecular flexibility index (Phi) is 12.4. The summed E-state index contributed by atoms with van der Waals surface area (Å²) in [7, 11) is 3.53. The van der Waals surface area contributed by atoms with Crippen molar-refractivity contribution in [3.05, 3.63) is 30.3 Å². The number of hydrogen-bond acceptors (Lipinski definition) is 4. The molecule has 1 saturated heterocycles. The first-order valence-electron chi connectivity index (χ1n) is 9.03. The van der Waals surface area contributed by atoms with Crippen molar-refractivity contribution in [1.82, 2.24) is 10.2 Å². The molecule has 1 aliphatic heterocycles. The normalized spacial score (nSPS) is 17.1. The molecule has 0 aliphatic carbocycles. The van der Waals surface area contributed by atoms with Crippen molar-refractivity contribution in [2.45, 2.75) is 12.8 Å². The van der Waals surface area contributed by atoms with Crippen LogP contribution in [0.1, 0.15) is 12.8 Å². The van der Waals surface area contributed by atoms with Gasteiger partial charge in [-0.1, -0.05) is 18.2 Å². The van der Waals surface area contributed by atoms with Gasteiger partial charge in [0.05, 0.1) is 26.4 Å². The SMILES string of the molecule is CN=C(NCCCOc1ccccc1)N1CCC(COCCOC)C1.I. The highest BCUT2D eigenvalue weighted by Crippen LogP contribution is 2.16. The number of para-hydroxylation sites is 1. The standard InChI is InChI=1S/C19H31N3O3.HI/c1-20-19(21-10-6-12-25-18-7-4-3-5-8-18)22-11-9-17(15-22)16-24-14-13-23-2;/h3-5,7-8,17H,6,9-16H2,1-2H3,(H,20,21);1H. The molecule has 0 bridgehead atoms. The van der Waals surface area contributed by atoms with E-state index in [0.717, 1.165) is 50.8 Å². The molecule has 0 saturated carbocycles. The third-order valence-electron chi connectivity index (χ3n) is 4.20. The molecule has 2 rings (SSSR count). The second kappa shape index (κ2) is 14.1. The lowest BCUT2D eigenvalue weighted by Gasteiger charge is -2.21. The van der Waals surface area contributed by atoms with E-state index in [4.69, 9.17) is 14.2 Å². The largest absolute Gasteiger partial charge is 0.494 e. The first-order valence-corrected chi connectivity index (χ1v) is 9.03. The minimum Gasteiger partial charge on any atom is -0.494 e. The molecule has 148 valence electrons. The van der Waals surface area contributed by atoms with Gasteiger partial charge in [-0.15, -0.1) is 24.0 Å². The van der Waals surface area contributed by atoms with Crippen molar-refractivity contribution >= 4 is 29.9 Å². The molecule has 0 amide bonds. The Morgan fingerprint density at radius 2 is 2.04 bits per heavy atom. The summed E-state index contributed by atoms with van der Waals surface area (Å²) in [5.74, 6) is 2.46. The number of rotatable bonds is 10.